The van der Waals surface area contributed by atoms with Crippen LogP contribution in [0.1, 0.15) is 53.7 Å². The molecule has 1 aromatic carbocycles. The first-order valence-corrected chi connectivity index (χ1v) is 10.0. The van der Waals surface area contributed by atoms with Gasteiger partial charge >= 0.3 is 0 Å². The van der Waals surface area contributed by atoms with Gasteiger partial charge in [0.25, 0.3) is 11.5 Å². The van der Waals surface area contributed by atoms with E-state index in [1.54, 1.807) is 11.5 Å². The second-order valence-electron chi connectivity index (χ2n) is 6.90. The van der Waals surface area contributed by atoms with Crippen LogP contribution in [0.5, 0.6) is 0 Å². The highest BCUT2D eigenvalue weighted by atomic mass is 32.1. The molecule has 0 aliphatic rings. The molecule has 0 aliphatic heterocycles. The average Bonchev–Trinajstić information content (AvgIpc) is 3.01. The third-order valence-electron chi connectivity index (χ3n) is 4.50. The molecule has 1 amide bonds. The molecule has 0 aliphatic carbocycles. The zero-order valence-electron chi connectivity index (χ0n) is 16.2. The zero-order valence-corrected chi connectivity index (χ0v) is 17.0. The molecular weight excluding hydrogens is 372 g/mol. The Morgan fingerprint density at radius 1 is 1.32 bits per heavy atom. The quantitative estimate of drug-likeness (QED) is 0.626. The number of nitrogens with zero attached hydrogens (tertiary/aromatic N) is 3. The van der Waals surface area contributed by atoms with Crippen molar-refractivity contribution in [2.75, 3.05) is 5.32 Å². The van der Waals surface area contributed by atoms with Gasteiger partial charge in [-0.3, -0.25) is 14.2 Å². The van der Waals surface area contributed by atoms with Gasteiger partial charge in [0.1, 0.15) is 10.7 Å². The van der Waals surface area contributed by atoms with Crippen LogP contribution in [0.2, 0.25) is 0 Å². The molecule has 0 bridgehead atoms. The minimum absolute atomic E-state index is 0.0585. The van der Waals surface area contributed by atoms with Crippen LogP contribution in [0, 0.1) is 18.3 Å². The molecule has 2 aromatic heterocycles. The summed E-state index contributed by atoms with van der Waals surface area (Å²) >= 11 is 1.25. The van der Waals surface area contributed by atoms with Crippen LogP contribution < -0.4 is 10.9 Å². The number of aryl methyl sites for hydroxylation is 1. The summed E-state index contributed by atoms with van der Waals surface area (Å²) in [6, 6.07) is 11.3. The normalized spacial score (nSPS) is 11.0. The van der Waals surface area contributed by atoms with Gasteiger partial charge in [0.2, 0.25) is 0 Å². The molecule has 7 heteroatoms. The maximum Gasteiger partial charge on any atom is 0.266 e. The van der Waals surface area contributed by atoms with Crippen molar-refractivity contribution >= 4 is 33.1 Å². The fourth-order valence-corrected chi connectivity index (χ4v) is 4.21. The first kappa shape index (κ1) is 19.8. The summed E-state index contributed by atoms with van der Waals surface area (Å²) in [7, 11) is 0. The van der Waals surface area contributed by atoms with E-state index in [1.165, 1.54) is 11.3 Å². The summed E-state index contributed by atoms with van der Waals surface area (Å²) < 4.78 is 1.66. The number of nitrogens with one attached hydrogen (secondary N) is 1. The molecule has 3 aromatic rings. The Labute approximate surface area is 167 Å². The Morgan fingerprint density at radius 2 is 2.04 bits per heavy atom. The lowest BCUT2D eigenvalue weighted by molar-refractivity contribution is 0.103. The molecule has 2 heterocycles. The Bertz CT molecular complexity index is 1110. The monoisotopic (exact) mass is 394 g/mol. The maximum absolute atomic E-state index is 13.2. The smallest absolute Gasteiger partial charge is 0.266 e. The van der Waals surface area contributed by atoms with Gasteiger partial charge < -0.3 is 5.32 Å². The van der Waals surface area contributed by atoms with Crippen molar-refractivity contribution in [2.45, 2.75) is 46.1 Å². The van der Waals surface area contributed by atoms with E-state index >= 15 is 0 Å². The molecule has 6 nitrogen and oxygen atoms in total. The third-order valence-corrected chi connectivity index (χ3v) is 5.69. The molecule has 28 heavy (non-hydrogen) atoms. The number of anilines is 1. The molecule has 0 saturated carbocycles. The fourth-order valence-electron chi connectivity index (χ4n) is 3.13. The second kappa shape index (κ2) is 8.36. The number of fused-ring (bicyclic) bond motifs is 1. The molecule has 1 N–H and O–H groups in total. The van der Waals surface area contributed by atoms with Gasteiger partial charge in [0, 0.05) is 24.6 Å². The van der Waals surface area contributed by atoms with E-state index in [1.807, 2.05) is 44.2 Å². The summed E-state index contributed by atoms with van der Waals surface area (Å²) in [4.78, 5) is 31.7. The van der Waals surface area contributed by atoms with Crippen LogP contribution in [0.4, 0.5) is 5.69 Å². The van der Waals surface area contributed by atoms with Crippen LogP contribution in [0.15, 0.2) is 35.1 Å². The van der Waals surface area contributed by atoms with Gasteiger partial charge in [0.15, 0.2) is 0 Å². The van der Waals surface area contributed by atoms with E-state index in [0.29, 0.717) is 51.6 Å². The molecule has 3 rings (SSSR count). The van der Waals surface area contributed by atoms with E-state index in [2.05, 4.69) is 11.4 Å². The van der Waals surface area contributed by atoms with Gasteiger partial charge in [0.05, 0.1) is 16.3 Å². The van der Waals surface area contributed by atoms with Crippen molar-refractivity contribution in [1.29, 1.82) is 5.26 Å². The van der Waals surface area contributed by atoms with Crippen molar-refractivity contribution in [3.63, 3.8) is 0 Å². The molecule has 0 unspecified atom stereocenters. The fraction of sp³-hybridized carbons (Fsp3) is 0.333. The third kappa shape index (κ3) is 3.82. The summed E-state index contributed by atoms with van der Waals surface area (Å²) in [6.07, 6.45) is 0.975. The predicted octanol–water partition coefficient (Wildman–Crippen LogP) is 4.45. The van der Waals surface area contributed by atoms with Gasteiger partial charge in [-0.1, -0.05) is 32.0 Å². The molecule has 144 valence electrons. The largest absolute Gasteiger partial charge is 0.321 e. The van der Waals surface area contributed by atoms with Crippen LogP contribution in [0.25, 0.3) is 10.2 Å². The first-order chi connectivity index (χ1) is 13.4. The summed E-state index contributed by atoms with van der Waals surface area (Å²) in [6.45, 7) is 6.20. The number of hydrogen-bond donors (Lipinski definition) is 1. The van der Waals surface area contributed by atoms with E-state index in [9.17, 15) is 9.59 Å². The minimum atomic E-state index is -0.242. The van der Waals surface area contributed by atoms with Crippen LogP contribution in [-0.2, 0) is 6.54 Å². The zero-order chi connectivity index (χ0) is 20.3. The molecule has 0 radical (unpaired) electrons. The number of amides is 1. The van der Waals surface area contributed by atoms with Gasteiger partial charge in [-0.25, -0.2) is 4.98 Å². The molecule has 0 saturated heterocycles. The number of hydrogen-bond acceptors (Lipinski definition) is 5. The minimum Gasteiger partial charge on any atom is -0.321 e. The Morgan fingerprint density at radius 3 is 2.68 bits per heavy atom. The average molecular weight is 395 g/mol. The standard InChI is InChI=1S/C21H22N4O2S/c1-13(2)18-24-20-16(21(27)25(18)12-8-7-11-22)14(3)17(28-20)19(26)23-15-9-5-4-6-10-15/h4-6,9-10,13H,7-8,12H2,1-3H3,(H,23,26). The SMILES string of the molecule is Cc1c(C(=O)Nc2ccccc2)sc2nc(C(C)C)n(CCCC#N)c(=O)c12. The van der Waals surface area contributed by atoms with Crippen LogP contribution in [0.3, 0.4) is 0 Å². The van der Waals surface area contributed by atoms with Crippen LogP contribution in [-0.4, -0.2) is 15.5 Å². The first-order valence-electron chi connectivity index (χ1n) is 9.21. The van der Waals surface area contributed by atoms with Gasteiger partial charge in [-0.15, -0.1) is 11.3 Å². The van der Waals surface area contributed by atoms with E-state index in [-0.39, 0.29) is 17.4 Å². The predicted molar refractivity (Wildman–Crippen MR) is 112 cm³/mol. The number of rotatable bonds is 6. The lowest BCUT2D eigenvalue weighted by Gasteiger charge is -2.14. The number of unbranched alkanes of at least 4 members (excludes halogenated alkanes) is 1. The van der Waals surface area contributed by atoms with E-state index in [4.69, 9.17) is 10.2 Å². The molecule has 0 spiro atoms. The molecular formula is C21H22N4O2S. The lowest BCUT2D eigenvalue weighted by atomic mass is 10.1. The second-order valence-corrected chi connectivity index (χ2v) is 7.90. The molecule has 0 fully saturated rings. The van der Waals surface area contributed by atoms with Crippen molar-refractivity contribution in [2.24, 2.45) is 0 Å². The number of carbonyl (C=O) groups is 1. The highest BCUT2D eigenvalue weighted by Crippen LogP contribution is 2.29. The van der Waals surface area contributed by atoms with Crippen molar-refractivity contribution in [1.82, 2.24) is 9.55 Å². The Kier molecular flexibility index (Phi) is 5.90. The van der Waals surface area contributed by atoms with Gasteiger partial charge in [-0.05, 0) is 31.0 Å². The number of carbonyl (C=O) groups excluding carboxylic acids is 1. The highest BCUT2D eigenvalue weighted by Gasteiger charge is 2.22. The Hall–Kier alpha value is -2.98. The van der Waals surface area contributed by atoms with E-state index in [0.717, 1.165) is 0 Å². The van der Waals surface area contributed by atoms with Crippen molar-refractivity contribution in [3.8, 4) is 6.07 Å². The number of aromatic nitrogens is 2. The van der Waals surface area contributed by atoms with Crippen molar-refractivity contribution < 1.29 is 4.79 Å². The molecule has 0 atom stereocenters. The maximum atomic E-state index is 13.2. The summed E-state index contributed by atoms with van der Waals surface area (Å²) in [5, 5.41) is 12.2. The number of benzene rings is 1. The topological polar surface area (TPSA) is 87.8 Å². The number of thiophene rings is 1. The summed E-state index contributed by atoms with van der Waals surface area (Å²) in [5.74, 6) is 0.503. The number of para-hydroxylation sites is 1. The highest BCUT2D eigenvalue weighted by molar-refractivity contribution is 7.20. The number of nitriles is 1. The van der Waals surface area contributed by atoms with Crippen molar-refractivity contribution in [3.05, 3.63) is 57.0 Å². The summed E-state index contributed by atoms with van der Waals surface area (Å²) in [5.41, 5.74) is 1.21. The lowest BCUT2D eigenvalue weighted by Crippen LogP contribution is -2.26. The Balaban J connectivity index is 2.07. The van der Waals surface area contributed by atoms with E-state index < -0.39 is 0 Å². The van der Waals surface area contributed by atoms with Crippen LogP contribution >= 0.6 is 11.3 Å². The van der Waals surface area contributed by atoms with Gasteiger partial charge in [-0.2, -0.15) is 5.26 Å².